The summed E-state index contributed by atoms with van der Waals surface area (Å²) in [6, 6.07) is 7.23. The van der Waals surface area contributed by atoms with Gasteiger partial charge in [-0.3, -0.25) is 4.68 Å². The summed E-state index contributed by atoms with van der Waals surface area (Å²) in [5, 5.41) is 17.2. The van der Waals surface area contributed by atoms with Gasteiger partial charge in [-0.25, -0.2) is 0 Å². The Labute approximate surface area is 101 Å². The van der Waals surface area contributed by atoms with Gasteiger partial charge < -0.3 is 10.4 Å². The van der Waals surface area contributed by atoms with Crippen LogP contribution in [0.15, 0.2) is 30.5 Å². The van der Waals surface area contributed by atoms with Crippen LogP contribution in [0.25, 0.3) is 0 Å². The summed E-state index contributed by atoms with van der Waals surface area (Å²) in [6.45, 7) is 5.60. The van der Waals surface area contributed by atoms with Gasteiger partial charge >= 0.3 is 0 Å². The van der Waals surface area contributed by atoms with Crippen molar-refractivity contribution in [1.29, 1.82) is 0 Å². The molecular formula is C13H17N3O. The lowest BCUT2D eigenvalue weighted by Gasteiger charge is -2.06. The normalized spacial score (nSPS) is 10.5. The lowest BCUT2D eigenvalue weighted by atomic mass is 10.2. The van der Waals surface area contributed by atoms with E-state index in [1.165, 1.54) is 0 Å². The summed E-state index contributed by atoms with van der Waals surface area (Å²) in [4.78, 5) is 0. The zero-order chi connectivity index (χ0) is 12.3. The van der Waals surface area contributed by atoms with E-state index in [9.17, 15) is 5.11 Å². The fourth-order valence-corrected chi connectivity index (χ4v) is 1.71. The van der Waals surface area contributed by atoms with Crippen molar-refractivity contribution in [2.45, 2.75) is 26.9 Å². The highest BCUT2D eigenvalue weighted by Gasteiger charge is 2.05. The third-order valence-electron chi connectivity index (χ3n) is 2.75. The Morgan fingerprint density at radius 1 is 1.35 bits per heavy atom. The number of anilines is 1. The second-order valence-corrected chi connectivity index (χ2v) is 3.97. The summed E-state index contributed by atoms with van der Waals surface area (Å²) in [5.41, 5.74) is 2.92. The number of para-hydroxylation sites is 2. The molecule has 4 nitrogen and oxygen atoms in total. The molecule has 0 saturated heterocycles. The molecule has 0 saturated carbocycles. The number of nitrogens with one attached hydrogen (secondary N) is 1. The standard InChI is InChI=1S/C13H17N3O/c1-3-16-9-11(10(2)15-16)8-14-12-6-4-5-7-13(12)17/h4-7,9,14,17H,3,8H2,1-2H3. The number of aryl methyl sites for hydroxylation is 2. The number of rotatable bonds is 4. The van der Waals surface area contributed by atoms with Crippen LogP contribution in [0.4, 0.5) is 5.69 Å². The van der Waals surface area contributed by atoms with Crippen molar-refractivity contribution in [3.8, 4) is 5.75 Å². The molecule has 1 heterocycles. The molecule has 0 radical (unpaired) electrons. The Balaban J connectivity index is 2.07. The van der Waals surface area contributed by atoms with E-state index in [1.54, 1.807) is 12.1 Å². The minimum absolute atomic E-state index is 0.271. The molecule has 17 heavy (non-hydrogen) atoms. The SMILES string of the molecule is CCn1cc(CNc2ccccc2O)c(C)n1. The fraction of sp³-hybridized carbons (Fsp3) is 0.308. The molecule has 0 spiro atoms. The molecule has 2 N–H and O–H groups in total. The van der Waals surface area contributed by atoms with Gasteiger partial charge in [-0.2, -0.15) is 5.10 Å². The topological polar surface area (TPSA) is 50.1 Å². The highest BCUT2D eigenvalue weighted by atomic mass is 16.3. The summed E-state index contributed by atoms with van der Waals surface area (Å²) < 4.78 is 1.91. The minimum Gasteiger partial charge on any atom is -0.506 e. The molecule has 0 amide bonds. The quantitative estimate of drug-likeness (QED) is 0.795. The average Bonchev–Trinajstić information content (AvgIpc) is 2.69. The van der Waals surface area contributed by atoms with E-state index in [-0.39, 0.29) is 5.75 Å². The van der Waals surface area contributed by atoms with Crippen LogP contribution in [0, 0.1) is 6.92 Å². The Morgan fingerprint density at radius 2 is 2.12 bits per heavy atom. The van der Waals surface area contributed by atoms with Gasteiger partial charge in [-0.05, 0) is 26.0 Å². The summed E-state index contributed by atoms with van der Waals surface area (Å²) in [6.07, 6.45) is 2.03. The van der Waals surface area contributed by atoms with E-state index in [2.05, 4.69) is 17.3 Å². The van der Waals surface area contributed by atoms with Gasteiger partial charge in [0.1, 0.15) is 5.75 Å². The second-order valence-electron chi connectivity index (χ2n) is 3.97. The smallest absolute Gasteiger partial charge is 0.138 e. The lowest BCUT2D eigenvalue weighted by Crippen LogP contribution is -1.99. The molecule has 1 aromatic heterocycles. The number of hydrogen-bond donors (Lipinski definition) is 2. The maximum Gasteiger partial charge on any atom is 0.138 e. The Hall–Kier alpha value is -1.97. The van der Waals surface area contributed by atoms with Crippen molar-refractivity contribution in [2.24, 2.45) is 0 Å². The van der Waals surface area contributed by atoms with Crippen LogP contribution >= 0.6 is 0 Å². The second kappa shape index (κ2) is 4.91. The van der Waals surface area contributed by atoms with Crippen LogP contribution in [0.1, 0.15) is 18.2 Å². The van der Waals surface area contributed by atoms with Gasteiger partial charge in [-0.1, -0.05) is 12.1 Å². The van der Waals surface area contributed by atoms with E-state index in [0.29, 0.717) is 6.54 Å². The van der Waals surface area contributed by atoms with Gasteiger partial charge in [0, 0.05) is 24.8 Å². The van der Waals surface area contributed by atoms with Gasteiger partial charge in [0.05, 0.1) is 11.4 Å². The Bertz CT molecular complexity index is 505. The zero-order valence-corrected chi connectivity index (χ0v) is 10.1. The molecule has 4 heteroatoms. The summed E-state index contributed by atoms with van der Waals surface area (Å²) in [7, 11) is 0. The highest BCUT2D eigenvalue weighted by Crippen LogP contribution is 2.22. The molecule has 1 aromatic carbocycles. The molecule has 0 aliphatic heterocycles. The molecular weight excluding hydrogens is 214 g/mol. The van der Waals surface area contributed by atoms with Crippen LogP contribution in [-0.4, -0.2) is 14.9 Å². The predicted molar refractivity (Wildman–Crippen MR) is 68.1 cm³/mol. The van der Waals surface area contributed by atoms with E-state index >= 15 is 0 Å². The van der Waals surface area contributed by atoms with Crippen LogP contribution in [-0.2, 0) is 13.1 Å². The van der Waals surface area contributed by atoms with E-state index in [0.717, 1.165) is 23.5 Å². The maximum atomic E-state index is 9.63. The third kappa shape index (κ3) is 2.58. The number of phenols is 1. The monoisotopic (exact) mass is 231 g/mol. The third-order valence-corrected chi connectivity index (χ3v) is 2.75. The first-order valence-corrected chi connectivity index (χ1v) is 5.75. The first-order chi connectivity index (χ1) is 8.20. The number of nitrogens with zero attached hydrogens (tertiary/aromatic N) is 2. The number of aromatic nitrogens is 2. The summed E-state index contributed by atoms with van der Waals surface area (Å²) in [5.74, 6) is 0.271. The number of benzene rings is 1. The van der Waals surface area contributed by atoms with Crippen molar-refractivity contribution in [1.82, 2.24) is 9.78 Å². The summed E-state index contributed by atoms with van der Waals surface area (Å²) >= 11 is 0. The zero-order valence-electron chi connectivity index (χ0n) is 10.1. The van der Waals surface area contributed by atoms with Gasteiger partial charge in [0.25, 0.3) is 0 Å². The van der Waals surface area contributed by atoms with Crippen LogP contribution in [0.3, 0.4) is 0 Å². The van der Waals surface area contributed by atoms with E-state index in [1.807, 2.05) is 29.9 Å². The minimum atomic E-state index is 0.271. The molecule has 0 unspecified atom stereocenters. The van der Waals surface area contributed by atoms with Crippen LogP contribution < -0.4 is 5.32 Å². The van der Waals surface area contributed by atoms with E-state index < -0.39 is 0 Å². The van der Waals surface area contributed by atoms with Crippen molar-refractivity contribution in [2.75, 3.05) is 5.32 Å². The molecule has 2 rings (SSSR count). The molecule has 0 aliphatic carbocycles. The number of aromatic hydroxyl groups is 1. The molecule has 0 bridgehead atoms. The average molecular weight is 231 g/mol. The number of hydrogen-bond acceptors (Lipinski definition) is 3. The van der Waals surface area contributed by atoms with Crippen LogP contribution in [0.5, 0.6) is 5.75 Å². The molecule has 0 fully saturated rings. The van der Waals surface area contributed by atoms with Gasteiger partial charge in [0.15, 0.2) is 0 Å². The fourth-order valence-electron chi connectivity index (χ4n) is 1.71. The Morgan fingerprint density at radius 3 is 2.76 bits per heavy atom. The largest absolute Gasteiger partial charge is 0.506 e. The highest BCUT2D eigenvalue weighted by molar-refractivity contribution is 5.55. The first kappa shape index (κ1) is 11.5. The number of phenolic OH excluding ortho intramolecular Hbond substituents is 1. The van der Waals surface area contributed by atoms with Crippen molar-refractivity contribution in [3.05, 3.63) is 41.7 Å². The predicted octanol–water partition coefficient (Wildman–Crippen LogP) is 2.53. The van der Waals surface area contributed by atoms with Gasteiger partial charge in [-0.15, -0.1) is 0 Å². The van der Waals surface area contributed by atoms with Crippen LogP contribution in [0.2, 0.25) is 0 Å². The lowest BCUT2D eigenvalue weighted by molar-refractivity contribution is 0.477. The first-order valence-electron chi connectivity index (χ1n) is 5.75. The molecule has 0 aliphatic rings. The molecule has 2 aromatic rings. The van der Waals surface area contributed by atoms with Crippen molar-refractivity contribution < 1.29 is 5.11 Å². The van der Waals surface area contributed by atoms with Crippen molar-refractivity contribution in [3.63, 3.8) is 0 Å². The van der Waals surface area contributed by atoms with Crippen molar-refractivity contribution >= 4 is 5.69 Å². The molecule has 90 valence electrons. The Kier molecular flexibility index (Phi) is 3.32. The molecule has 0 atom stereocenters. The van der Waals surface area contributed by atoms with Gasteiger partial charge in [0.2, 0.25) is 0 Å². The van der Waals surface area contributed by atoms with E-state index in [4.69, 9.17) is 0 Å². The maximum absolute atomic E-state index is 9.63.